The van der Waals surface area contributed by atoms with Crippen LogP contribution in [-0.4, -0.2) is 17.6 Å². The molecule has 3 nitrogen and oxygen atoms in total. The molecule has 0 aliphatic carbocycles. The molecule has 0 bridgehead atoms. The van der Waals surface area contributed by atoms with Crippen LogP contribution in [0.4, 0.5) is 0 Å². The summed E-state index contributed by atoms with van der Waals surface area (Å²) in [6.45, 7) is 11.1. The lowest BCUT2D eigenvalue weighted by molar-refractivity contribution is -0.139. The van der Waals surface area contributed by atoms with Gasteiger partial charge >= 0.3 is 5.97 Å². The van der Waals surface area contributed by atoms with E-state index in [1.165, 1.54) is 5.56 Å². The van der Waals surface area contributed by atoms with Gasteiger partial charge in [-0.15, -0.1) is 0 Å². The van der Waals surface area contributed by atoms with Crippen molar-refractivity contribution >= 4 is 28.6 Å². The first-order chi connectivity index (χ1) is 14.5. The minimum atomic E-state index is -0.319. The van der Waals surface area contributed by atoms with Gasteiger partial charge in [0.25, 0.3) is 0 Å². The van der Waals surface area contributed by atoms with Crippen LogP contribution in [0.5, 0.6) is 0 Å². The van der Waals surface area contributed by atoms with Gasteiger partial charge in [-0.3, -0.25) is 0 Å². The number of pyridine rings is 1. The summed E-state index contributed by atoms with van der Waals surface area (Å²) in [6, 6.07) is 16.8. The topological polar surface area (TPSA) is 39.2 Å². The summed E-state index contributed by atoms with van der Waals surface area (Å²) in [5.41, 5.74) is 4.84. The van der Waals surface area contributed by atoms with Crippen molar-refractivity contribution in [2.75, 3.05) is 6.61 Å². The Balaban J connectivity index is 1.83. The number of fused-ring (bicyclic) bond motifs is 3. The van der Waals surface area contributed by atoms with E-state index >= 15 is 0 Å². The molecule has 4 rings (SSSR count). The van der Waals surface area contributed by atoms with Gasteiger partial charge in [0.15, 0.2) is 0 Å². The number of carbonyl (C=O) groups excluding carboxylic acids is 1. The summed E-state index contributed by atoms with van der Waals surface area (Å²) in [4.78, 5) is 18.9. The third-order valence-corrected chi connectivity index (χ3v) is 6.70. The number of para-hydroxylation sites is 1. The van der Waals surface area contributed by atoms with Crippen LogP contribution in [0, 0.1) is 0 Å². The van der Waals surface area contributed by atoms with Crippen LogP contribution < -0.4 is 0 Å². The van der Waals surface area contributed by atoms with Crippen molar-refractivity contribution in [1.29, 1.82) is 0 Å². The van der Waals surface area contributed by atoms with Crippen LogP contribution in [0.1, 0.15) is 62.1 Å². The van der Waals surface area contributed by atoms with Gasteiger partial charge in [0, 0.05) is 21.8 Å². The number of unbranched alkanes of at least 4 members (excludes halogenated alkanes) is 1. The van der Waals surface area contributed by atoms with E-state index < -0.39 is 0 Å². The Morgan fingerprint density at radius 3 is 2.73 bits per heavy atom. The van der Waals surface area contributed by atoms with Gasteiger partial charge in [-0.2, -0.15) is 0 Å². The number of esters is 1. The molecular formula is C26H27NO2S. The number of hydrogen-bond acceptors (Lipinski definition) is 4. The van der Waals surface area contributed by atoms with Gasteiger partial charge < -0.3 is 4.74 Å². The van der Waals surface area contributed by atoms with Crippen molar-refractivity contribution in [2.45, 2.75) is 55.4 Å². The molecule has 3 aromatic rings. The zero-order chi connectivity index (χ0) is 21.3. The van der Waals surface area contributed by atoms with E-state index in [1.54, 1.807) is 11.8 Å². The molecule has 2 heterocycles. The monoisotopic (exact) mass is 417 g/mol. The highest BCUT2D eigenvalue weighted by Crippen LogP contribution is 2.49. The summed E-state index contributed by atoms with van der Waals surface area (Å²) in [5, 5.41) is 2.00. The molecule has 0 N–H and O–H groups in total. The third kappa shape index (κ3) is 3.89. The van der Waals surface area contributed by atoms with E-state index in [4.69, 9.17) is 9.72 Å². The number of nitrogens with zero attached hydrogens (tertiary/aromatic N) is 1. The lowest BCUT2D eigenvalue weighted by atomic mass is 9.83. The Kier molecular flexibility index (Phi) is 5.96. The lowest BCUT2D eigenvalue weighted by Crippen LogP contribution is -2.19. The van der Waals surface area contributed by atoms with Crippen molar-refractivity contribution < 1.29 is 9.53 Å². The second-order valence-electron chi connectivity index (χ2n) is 8.08. The van der Waals surface area contributed by atoms with E-state index in [2.05, 4.69) is 57.7 Å². The molecule has 1 aromatic heterocycles. The Labute approximate surface area is 182 Å². The molecule has 154 valence electrons. The highest BCUT2D eigenvalue weighted by Gasteiger charge is 2.33. The zero-order valence-corrected chi connectivity index (χ0v) is 18.6. The van der Waals surface area contributed by atoms with E-state index in [1.807, 2.05) is 18.2 Å². The van der Waals surface area contributed by atoms with Crippen LogP contribution in [0.2, 0.25) is 0 Å². The fourth-order valence-corrected chi connectivity index (χ4v) is 4.89. The quantitative estimate of drug-likeness (QED) is 0.250. The number of rotatable bonds is 6. The number of hydrogen-bond donors (Lipinski definition) is 0. The van der Waals surface area contributed by atoms with Gasteiger partial charge in [0.1, 0.15) is 5.03 Å². The first kappa shape index (κ1) is 20.7. The van der Waals surface area contributed by atoms with E-state index in [0.717, 1.165) is 44.8 Å². The fourth-order valence-electron chi connectivity index (χ4n) is 3.81. The Morgan fingerprint density at radius 2 is 1.97 bits per heavy atom. The third-order valence-electron chi connectivity index (χ3n) is 5.59. The SMILES string of the molecule is C=C(C(=O)OCCCC)C1c2cc(C(C)C)ccc2Sc2nc3ccccc3cc21. The van der Waals surface area contributed by atoms with E-state index in [9.17, 15) is 4.79 Å². The molecule has 1 unspecified atom stereocenters. The Bertz CT molecular complexity index is 1120. The maximum atomic E-state index is 12.9. The molecule has 2 aromatic carbocycles. The number of carbonyl (C=O) groups is 1. The molecule has 0 fully saturated rings. The van der Waals surface area contributed by atoms with Crippen molar-refractivity contribution in [3.63, 3.8) is 0 Å². The normalized spacial score (nSPS) is 15.0. The molecule has 0 radical (unpaired) electrons. The maximum Gasteiger partial charge on any atom is 0.334 e. The minimum Gasteiger partial charge on any atom is -0.462 e. The van der Waals surface area contributed by atoms with Crippen molar-refractivity contribution in [2.24, 2.45) is 0 Å². The summed E-state index contributed by atoms with van der Waals surface area (Å²) in [6.07, 6.45) is 1.84. The molecule has 30 heavy (non-hydrogen) atoms. The number of benzene rings is 2. The predicted octanol–water partition coefficient (Wildman–Crippen LogP) is 6.85. The standard InChI is InChI=1S/C26H27NO2S/c1-5-6-13-29-26(28)17(4)24-20-14-18(16(2)3)11-12-23(20)30-25-21(24)15-19-9-7-8-10-22(19)27-25/h7-12,14-16,24H,4-6,13H2,1-3H3. The Morgan fingerprint density at radius 1 is 1.17 bits per heavy atom. The first-order valence-electron chi connectivity index (χ1n) is 10.6. The summed E-state index contributed by atoms with van der Waals surface area (Å²) in [5.74, 6) is -0.164. The average molecular weight is 418 g/mol. The molecule has 4 heteroatoms. The average Bonchev–Trinajstić information content (AvgIpc) is 2.75. The number of ether oxygens (including phenoxy) is 1. The smallest absolute Gasteiger partial charge is 0.334 e. The zero-order valence-electron chi connectivity index (χ0n) is 17.8. The predicted molar refractivity (Wildman–Crippen MR) is 123 cm³/mol. The van der Waals surface area contributed by atoms with Crippen LogP contribution >= 0.6 is 11.8 Å². The van der Waals surface area contributed by atoms with Gasteiger partial charge in [-0.1, -0.05) is 75.9 Å². The summed E-state index contributed by atoms with van der Waals surface area (Å²) < 4.78 is 5.53. The summed E-state index contributed by atoms with van der Waals surface area (Å²) in [7, 11) is 0. The van der Waals surface area contributed by atoms with Crippen LogP contribution in [0.3, 0.4) is 0 Å². The minimum absolute atomic E-state index is 0.249. The summed E-state index contributed by atoms with van der Waals surface area (Å²) >= 11 is 1.67. The first-order valence-corrected chi connectivity index (χ1v) is 11.4. The largest absolute Gasteiger partial charge is 0.462 e. The van der Waals surface area contributed by atoms with Gasteiger partial charge in [0.2, 0.25) is 0 Å². The van der Waals surface area contributed by atoms with Crippen LogP contribution in [0.25, 0.3) is 10.9 Å². The van der Waals surface area contributed by atoms with E-state index in [-0.39, 0.29) is 11.9 Å². The van der Waals surface area contributed by atoms with Gasteiger partial charge in [-0.05, 0) is 47.2 Å². The molecule has 0 saturated heterocycles. The molecule has 0 amide bonds. The molecular weight excluding hydrogens is 390 g/mol. The molecule has 1 atom stereocenters. The van der Waals surface area contributed by atoms with Crippen LogP contribution in [-0.2, 0) is 9.53 Å². The highest BCUT2D eigenvalue weighted by molar-refractivity contribution is 7.99. The van der Waals surface area contributed by atoms with Crippen molar-refractivity contribution in [1.82, 2.24) is 4.98 Å². The molecule has 0 saturated carbocycles. The Hall–Kier alpha value is -2.59. The second kappa shape index (κ2) is 8.65. The fraction of sp³-hybridized carbons (Fsp3) is 0.308. The molecule has 0 spiro atoms. The molecule has 1 aliphatic rings. The highest BCUT2D eigenvalue weighted by atomic mass is 32.2. The van der Waals surface area contributed by atoms with Crippen molar-refractivity contribution in [3.8, 4) is 0 Å². The lowest BCUT2D eigenvalue weighted by Gasteiger charge is -2.29. The molecule has 1 aliphatic heterocycles. The van der Waals surface area contributed by atoms with Crippen molar-refractivity contribution in [3.05, 3.63) is 77.4 Å². The number of aromatic nitrogens is 1. The van der Waals surface area contributed by atoms with Gasteiger partial charge in [-0.25, -0.2) is 9.78 Å². The van der Waals surface area contributed by atoms with Crippen LogP contribution in [0.15, 0.2) is 70.6 Å². The second-order valence-corrected chi connectivity index (χ2v) is 9.11. The van der Waals surface area contributed by atoms with E-state index in [0.29, 0.717) is 18.1 Å². The maximum absolute atomic E-state index is 12.9. The van der Waals surface area contributed by atoms with Gasteiger partial charge in [0.05, 0.1) is 12.1 Å².